The van der Waals surface area contributed by atoms with E-state index in [-0.39, 0.29) is 36.6 Å². The fraction of sp³-hybridized carbons (Fsp3) is 0.500. The van der Waals surface area contributed by atoms with Crippen molar-refractivity contribution in [3.63, 3.8) is 0 Å². The summed E-state index contributed by atoms with van der Waals surface area (Å²) in [6.07, 6.45) is 1.25. The lowest BCUT2D eigenvalue weighted by molar-refractivity contribution is -0.133. The Hall–Kier alpha value is -1.34. The number of amides is 2. The lowest BCUT2D eigenvalue weighted by Gasteiger charge is -2.34. The van der Waals surface area contributed by atoms with Crippen molar-refractivity contribution in [2.75, 3.05) is 44.6 Å². The first-order chi connectivity index (χ1) is 10.7. The Balaban J connectivity index is 0.00000264. The van der Waals surface area contributed by atoms with Crippen molar-refractivity contribution in [2.24, 2.45) is 5.73 Å². The molecule has 1 aromatic rings. The molecule has 3 N–H and O–H groups in total. The Labute approximate surface area is 155 Å². The van der Waals surface area contributed by atoms with E-state index in [0.29, 0.717) is 32.6 Å². The minimum absolute atomic E-state index is 0. The van der Waals surface area contributed by atoms with E-state index in [2.05, 4.69) is 10.2 Å². The molecule has 1 saturated heterocycles. The van der Waals surface area contributed by atoms with Crippen LogP contribution in [0.3, 0.4) is 0 Å². The van der Waals surface area contributed by atoms with Gasteiger partial charge in [-0.3, -0.25) is 14.5 Å². The maximum Gasteiger partial charge on any atom is 0.238 e. The van der Waals surface area contributed by atoms with Crippen molar-refractivity contribution in [1.29, 1.82) is 0 Å². The zero-order valence-electron chi connectivity index (χ0n) is 13.6. The van der Waals surface area contributed by atoms with Crippen molar-refractivity contribution >= 4 is 42.3 Å². The maximum atomic E-state index is 12.0. The molecular weight excluding hydrogens is 351 g/mol. The fourth-order valence-electron chi connectivity index (χ4n) is 2.49. The van der Waals surface area contributed by atoms with Gasteiger partial charge in [0.1, 0.15) is 0 Å². The highest BCUT2D eigenvalue weighted by atomic mass is 35.5. The van der Waals surface area contributed by atoms with Gasteiger partial charge in [-0.2, -0.15) is 0 Å². The van der Waals surface area contributed by atoms with Crippen LogP contribution in [0.5, 0.6) is 0 Å². The van der Waals surface area contributed by atoms with E-state index in [4.69, 9.17) is 5.73 Å². The molecule has 0 spiro atoms. The summed E-state index contributed by atoms with van der Waals surface area (Å²) in [6, 6.07) is 9.43. The van der Waals surface area contributed by atoms with Gasteiger partial charge in [0.15, 0.2) is 0 Å². The molecule has 1 heterocycles. The average Bonchev–Trinajstić information content (AvgIpc) is 2.54. The molecule has 0 atom stereocenters. The van der Waals surface area contributed by atoms with Crippen LogP contribution in [-0.2, 0) is 9.59 Å². The van der Waals surface area contributed by atoms with Crippen LogP contribution in [-0.4, -0.2) is 60.9 Å². The van der Waals surface area contributed by atoms with Gasteiger partial charge in [-0.15, -0.1) is 24.8 Å². The molecule has 2 rings (SSSR count). The third-order valence-electron chi connectivity index (χ3n) is 3.74. The molecule has 0 aromatic heterocycles. The summed E-state index contributed by atoms with van der Waals surface area (Å²) in [5.41, 5.74) is 6.23. The number of rotatable bonds is 6. The summed E-state index contributed by atoms with van der Waals surface area (Å²) in [4.78, 5) is 27.8. The molecule has 1 fully saturated rings. The van der Waals surface area contributed by atoms with Gasteiger partial charge in [-0.1, -0.05) is 18.2 Å². The molecule has 6 nitrogen and oxygen atoms in total. The van der Waals surface area contributed by atoms with Crippen LogP contribution >= 0.6 is 24.8 Å². The Morgan fingerprint density at radius 2 is 1.67 bits per heavy atom. The van der Waals surface area contributed by atoms with Crippen molar-refractivity contribution < 1.29 is 9.59 Å². The van der Waals surface area contributed by atoms with E-state index in [1.807, 2.05) is 35.2 Å². The molecule has 0 unspecified atom stereocenters. The van der Waals surface area contributed by atoms with Crippen molar-refractivity contribution in [3.05, 3.63) is 30.3 Å². The molecule has 8 heteroatoms. The smallest absolute Gasteiger partial charge is 0.238 e. The SMILES string of the molecule is Cl.Cl.NCCCC(=O)N1CCN(CC(=O)Nc2ccccc2)CC1. The maximum absolute atomic E-state index is 12.0. The van der Waals surface area contributed by atoms with E-state index in [9.17, 15) is 9.59 Å². The number of carbonyl (C=O) groups is 2. The normalized spacial score (nSPS) is 14.3. The molecule has 1 aliphatic heterocycles. The number of anilines is 1. The van der Waals surface area contributed by atoms with Crippen LogP contribution in [0.25, 0.3) is 0 Å². The summed E-state index contributed by atoms with van der Waals surface area (Å²) in [5.74, 6) is 0.146. The molecule has 1 aromatic carbocycles. The first-order valence-electron chi connectivity index (χ1n) is 7.74. The lowest BCUT2D eigenvalue weighted by Crippen LogP contribution is -2.50. The van der Waals surface area contributed by atoms with Gasteiger partial charge in [-0.05, 0) is 25.1 Å². The topological polar surface area (TPSA) is 78.7 Å². The number of halogens is 2. The van der Waals surface area contributed by atoms with E-state index in [1.54, 1.807) is 0 Å². The summed E-state index contributed by atoms with van der Waals surface area (Å²) in [6.45, 7) is 3.74. The summed E-state index contributed by atoms with van der Waals surface area (Å²) in [5, 5.41) is 2.88. The fourth-order valence-corrected chi connectivity index (χ4v) is 2.49. The van der Waals surface area contributed by atoms with Crippen LogP contribution in [0.1, 0.15) is 12.8 Å². The number of carbonyl (C=O) groups excluding carboxylic acids is 2. The molecule has 2 amide bonds. The summed E-state index contributed by atoms with van der Waals surface area (Å²) in [7, 11) is 0. The predicted octanol–water partition coefficient (Wildman–Crippen LogP) is 1.35. The molecule has 0 aliphatic carbocycles. The zero-order valence-corrected chi connectivity index (χ0v) is 15.3. The molecule has 136 valence electrons. The number of piperazine rings is 1. The van der Waals surface area contributed by atoms with E-state index in [1.165, 1.54) is 0 Å². The second-order valence-corrected chi connectivity index (χ2v) is 5.46. The Kier molecular flexibility index (Phi) is 11.4. The van der Waals surface area contributed by atoms with Crippen LogP contribution in [0.2, 0.25) is 0 Å². The highest BCUT2D eigenvalue weighted by Gasteiger charge is 2.21. The molecule has 0 saturated carbocycles. The first-order valence-corrected chi connectivity index (χ1v) is 7.74. The van der Waals surface area contributed by atoms with Gasteiger partial charge >= 0.3 is 0 Å². The lowest BCUT2D eigenvalue weighted by atomic mass is 10.2. The predicted molar refractivity (Wildman–Crippen MR) is 101 cm³/mol. The number of nitrogens with one attached hydrogen (secondary N) is 1. The highest BCUT2D eigenvalue weighted by molar-refractivity contribution is 5.92. The van der Waals surface area contributed by atoms with Crippen LogP contribution in [0.4, 0.5) is 5.69 Å². The van der Waals surface area contributed by atoms with Crippen molar-refractivity contribution in [1.82, 2.24) is 9.80 Å². The van der Waals surface area contributed by atoms with Gasteiger partial charge in [0.2, 0.25) is 11.8 Å². The molecule has 0 radical (unpaired) electrons. The summed E-state index contributed by atoms with van der Waals surface area (Å²) < 4.78 is 0. The van der Waals surface area contributed by atoms with Gasteiger partial charge < -0.3 is 16.0 Å². The number of benzene rings is 1. The van der Waals surface area contributed by atoms with Crippen molar-refractivity contribution in [2.45, 2.75) is 12.8 Å². The zero-order chi connectivity index (χ0) is 15.8. The minimum atomic E-state index is -0.0193. The van der Waals surface area contributed by atoms with Gasteiger partial charge in [-0.25, -0.2) is 0 Å². The Morgan fingerprint density at radius 3 is 2.25 bits per heavy atom. The van der Waals surface area contributed by atoms with Gasteiger partial charge in [0, 0.05) is 38.3 Å². The van der Waals surface area contributed by atoms with Crippen molar-refractivity contribution in [3.8, 4) is 0 Å². The quantitative estimate of drug-likeness (QED) is 0.785. The third-order valence-corrected chi connectivity index (χ3v) is 3.74. The largest absolute Gasteiger partial charge is 0.340 e. The second-order valence-electron chi connectivity index (χ2n) is 5.46. The molecular formula is C16H26Cl2N4O2. The van der Waals surface area contributed by atoms with E-state index >= 15 is 0 Å². The Morgan fingerprint density at radius 1 is 1.04 bits per heavy atom. The molecule has 24 heavy (non-hydrogen) atoms. The Bertz CT molecular complexity index is 494. The van der Waals surface area contributed by atoms with Crippen LogP contribution in [0, 0.1) is 0 Å². The third kappa shape index (κ3) is 7.49. The highest BCUT2D eigenvalue weighted by Crippen LogP contribution is 2.07. The summed E-state index contributed by atoms with van der Waals surface area (Å²) >= 11 is 0. The number of hydrogen-bond donors (Lipinski definition) is 2. The van der Waals surface area contributed by atoms with Gasteiger partial charge in [0.05, 0.1) is 6.54 Å². The first kappa shape index (κ1) is 22.7. The monoisotopic (exact) mass is 376 g/mol. The average molecular weight is 377 g/mol. The number of nitrogens with zero attached hydrogens (tertiary/aromatic N) is 2. The minimum Gasteiger partial charge on any atom is -0.340 e. The van der Waals surface area contributed by atoms with Crippen LogP contribution < -0.4 is 11.1 Å². The number of hydrogen-bond acceptors (Lipinski definition) is 4. The number of nitrogens with two attached hydrogens (primary N) is 1. The van der Waals surface area contributed by atoms with Crippen LogP contribution in [0.15, 0.2) is 30.3 Å². The molecule has 0 bridgehead atoms. The molecule has 1 aliphatic rings. The van der Waals surface area contributed by atoms with E-state index in [0.717, 1.165) is 25.2 Å². The standard InChI is InChI=1S/C16H24N4O2.2ClH/c17-8-4-7-16(22)20-11-9-19(10-12-20)13-15(21)18-14-5-2-1-3-6-14;;/h1-3,5-6H,4,7-13,17H2,(H,18,21);2*1H. The van der Waals surface area contributed by atoms with Gasteiger partial charge in [0.25, 0.3) is 0 Å². The number of para-hydroxylation sites is 1. The van der Waals surface area contributed by atoms with E-state index < -0.39 is 0 Å². The second kappa shape index (κ2) is 12.1.